The highest BCUT2D eigenvalue weighted by atomic mass is 32.2. The Morgan fingerprint density at radius 1 is 1.25 bits per heavy atom. The Morgan fingerprint density at radius 3 is 2.50 bits per heavy atom. The number of carbonyl (C=O) groups is 1. The van der Waals surface area contributed by atoms with Crippen molar-refractivity contribution < 1.29 is 17.6 Å². The van der Waals surface area contributed by atoms with Crippen molar-refractivity contribution >= 4 is 33.0 Å². The van der Waals surface area contributed by atoms with Crippen molar-refractivity contribution in [2.45, 2.75) is 4.21 Å². The van der Waals surface area contributed by atoms with Crippen molar-refractivity contribution in [1.82, 2.24) is 0 Å². The number of amides is 1. The Hall–Kier alpha value is -1.93. The molecule has 0 radical (unpaired) electrons. The molecule has 1 heterocycles. The number of nitrogens with zero attached hydrogens (tertiary/aromatic N) is 1. The molecule has 20 heavy (non-hydrogen) atoms. The molecule has 0 saturated heterocycles. The second-order valence-electron chi connectivity index (χ2n) is 3.86. The van der Waals surface area contributed by atoms with E-state index in [0.717, 1.165) is 17.4 Å². The first-order chi connectivity index (χ1) is 9.43. The average molecular weight is 314 g/mol. The van der Waals surface area contributed by atoms with E-state index in [0.29, 0.717) is 4.31 Å². The topological polar surface area (TPSA) is 80.5 Å². The summed E-state index contributed by atoms with van der Waals surface area (Å²) < 4.78 is 39.4. The maximum absolute atomic E-state index is 13.8. The molecule has 2 N–H and O–H groups in total. The summed E-state index contributed by atoms with van der Waals surface area (Å²) in [6.45, 7) is -0.624. The van der Waals surface area contributed by atoms with Crippen molar-refractivity contribution in [2.75, 3.05) is 10.8 Å². The van der Waals surface area contributed by atoms with E-state index in [1.807, 2.05) is 0 Å². The fourth-order valence-corrected chi connectivity index (χ4v) is 4.16. The first-order valence-electron chi connectivity index (χ1n) is 5.52. The number of rotatable bonds is 5. The van der Waals surface area contributed by atoms with Crippen LogP contribution in [0.25, 0.3) is 0 Å². The lowest BCUT2D eigenvalue weighted by Gasteiger charge is -2.22. The third-order valence-corrected chi connectivity index (χ3v) is 5.59. The van der Waals surface area contributed by atoms with Crippen molar-refractivity contribution in [3.05, 3.63) is 47.6 Å². The van der Waals surface area contributed by atoms with Crippen LogP contribution in [0.1, 0.15) is 0 Å². The van der Waals surface area contributed by atoms with Crippen molar-refractivity contribution in [2.24, 2.45) is 5.73 Å². The number of carbonyl (C=O) groups excluding carboxylic acids is 1. The average Bonchev–Trinajstić information content (AvgIpc) is 2.91. The van der Waals surface area contributed by atoms with Crippen molar-refractivity contribution in [3.8, 4) is 0 Å². The van der Waals surface area contributed by atoms with E-state index in [-0.39, 0.29) is 9.90 Å². The number of anilines is 1. The van der Waals surface area contributed by atoms with Crippen LogP contribution in [0.2, 0.25) is 0 Å². The van der Waals surface area contributed by atoms with Gasteiger partial charge in [0.1, 0.15) is 16.6 Å². The normalized spacial score (nSPS) is 11.2. The van der Waals surface area contributed by atoms with Crippen LogP contribution >= 0.6 is 11.3 Å². The summed E-state index contributed by atoms with van der Waals surface area (Å²) in [5, 5.41) is 1.58. The van der Waals surface area contributed by atoms with Crippen LogP contribution in [0.4, 0.5) is 10.1 Å². The van der Waals surface area contributed by atoms with Gasteiger partial charge in [-0.3, -0.25) is 9.10 Å². The van der Waals surface area contributed by atoms with Crippen LogP contribution in [0.5, 0.6) is 0 Å². The number of halogens is 1. The van der Waals surface area contributed by atoms with Crippen LogP contribution in [0.15, 0.2) is 46.0 Å². The van der Waals surface area contributed by atoms with Gasteiger partial charge in [-0.1, -0.05) is 18.2 Å². The van der Waals surface area contributed by atoms with Gasteiger partial charge in [-0.15, -0.1) is 11.3 Å². The van der Waals surface area contributed by atoms with E-state index < -0.39 is 28.3 Å². The molecule has 8 heteroatoms. The Kier molecular flexibility index (Phi) is 4.05. The number of sulfonamides is 1. The Bertz CT molecular complexity index is 714. The minimum atomic E-state index is -4.02. The summed E-state index contributed by atoms with van der Waals surface area (Å²) in [7, 11) is -4.02. The van der Waals surface area contributed by atoms with Gasteiger partial charge in [-0.2, -0.15) is 0 Å². The Balaban J connectivity index is 2.55. The zero-order valence-electron chi connectivity index (χ0n) is 10.2. The van der Waals surface area contributed by atoms with Crippen LogP contribution in [-0.2, 0) is 14.8 Å². The third kappa shape index (κ3) is 2.81. The second-order valence-corrected chi connectivity index (χ2v) is 6.90. The number of para-hydroxylation sites is 1. The summed E-state index contributed by atoms with van der Waals surface area (Å²) in [4.78, 5) is 11.1. The molecule has 5 nitrogen and oxygen atoms in total. The monoisotopic (exact) mass is 314 g/mol. The van der Waals surface area contributed by atoms with Crippen LogP contribution in [0, 0.1) is 5.82 Å². The summed E-state index contributed by atoms with van der Waals surface area (Å²) in [6, 6.07) is 8.25. The summed E-state index contributed by atoms with van der Waals surface area (Å²) >= 11 is 0.982. The number of benzene rings is 1. The molecule has 2 aromatic rings. The standard InChI is InChI=1S/C12H11FN2O3S2/c13-9-4-1-2-5-10(9)15(8-11(14)16)20(17,18)12-6-3-7-19-12/h1-7H,8H2,(H2,14,16). The van der Waals surface area contributed by atoms with Crippen LogP contribution in [0.3, 0.4) is 0 Å². The molecule has 0 unspecified atom stereocenters. The van der Waals surface area contributed by atoms with Crippen molar-refractivity contribution in [1.29, 1.82) is 0 Å². The van der Waals surface area contributed by atoms with Crippen LogP contribution < -0.4 is 10.0 Å². The molecule has 0 atom stereocenters. The van der Waals surface area contributed by atoms with Gasteiger partial charge >= 0.3 is 0 Å². The molecule has 1 aromatic carbocycles. The largest absolute Gasteiger partial charge is 0.368 e. The lowest BCUT2D eigenvalue weighted by Crippen LogP contribution is -2.38. The second kappa shape index (κ2) is 5.59. The van der Waals surface area contributed by atoms with Crippen molar-refractivity contribution in [3.63, 3.8) is 0 Å². The van der Waals surface area contributed by atoms with Gasteiger partial charge in [-0.05, 0) is 23.6 Å². The molecule has 0 aliphatic carbocycles. The maximum atomic E-state index is 13.8. The summed E-state index contributed by atoms with van der Waals surface area (Å²) in [6.07, 6.45) is 0. The van der Waals surface area contributed by atoms with Crippen LogP contribution in [-0.4, -0.2) is 20.9 Å². The zero-order valence-corrected chi connectivity index (χ0v) is 11.8. The Labute approximate surface area is 119 Å². The van der Waals surface area contributed by atoms with E-state index in [1.165, 1.54) is 24.3 Å². The summed E-state index contributed by atoms with van der Waals surface area (Å²) in [5.74, 6) is -1.61. The quantitative estimate of drug-likeness (QED) is 0.909. The summed E-state index contributed by atoms with van der Waals surface area (Å²) in [5.41, 5.74) is 4.86. The van der Waals surface area contributed by atoms with Gasteiger partial charge in [0.2, 0.25) is 5.91 Å². The minimum Gasteiger partial charge on any atom is -0.368 e. The van der Waals surface area contributed by atoms with Gasteiger partial charge in [0.25, 0.3) is 10.0 Å². The van der Waals surface area contributed by atoms with E-state index >= 15 is 0 Å². The van der Waals surface area contributed by atoms with Gasteiger partial charge in [0.05, 0.1) is 5.69 Å². The molecule has 1 aromatic heterocycles. The van der Waals surface area contributed by atoms with E-state index in [2.05, 4.69) is 0 Å². The molecule has 0 spiro atoms. The van der Waals surface area contributed by atoms with Gasteiger partial charge < -0.3 is 5.73 Å². The predicted octanol–water partition coefficient (Wildman–Crippen LogP) is 1.57. The van der Waals surface area contributed by atoms with Gasteiger partial charge in [0, 0.05) is 0 Å². The number of nitrogens with two attached hydrogens (primary N) is 1. The predicted molar refractivity (Wildman–Crippen MR) is 74.4 cm³/mol. The Morgan fingerprint density at radius 2 is 1.95 bits per heavy atom. The van der Waals surface area contributed by atoms with Gasteiger partial charge in [-0.25, -0.2) is 12.8 Å². The minimum absolute atomic E-state index is 0.0157. The molecule has 0 bridgehead atoms. The maximum Gasteiger partial charge on any atom is 0.274 e. The fraction of sp³-hybridized carbons (Fsp3) is 0.0833. The molecule has 0 fully saturated rings. The highest BCUT2D eigenvalue weighted by molar-refractivity contribution is 7.94. The molecule has 0 aliphatic rings. The SMILES string of the molecule is NC(=O)CN(c1ccccc1F)S(=O)(=O)c1cccs1. The number of hydrogen-bond acceptors (Lipinski definition) is 4. The smallest absolute Gasteiger partial charge is 0.274 e. The third-order valence-electron chi connectivity index (χ3n) is 2.46. The van der Waals surface area contributed by atoms with Gasteiger partial charge in [0.15, 0.2) is 0 Å². The molecule has 106 valence electrons. The van der Waals surface area contributed by atoms with E-state index in [9.17, 15) is 17.6 Å². The highest BCUT2D eigenvalue weighted by Gasteiger charge is 2.29. The lowest BCUT2D eigenvalue weighted by molar-refractivity contribution is -0.116. The van der Waals surface area contributed by atoms with E-state index in [1.54, 1.807) is 11.4 Å². The van der Waals surface area contributed by atoms with E-state index in [4.69, 9.17) is 5.73 Å². The first kappa shape index (κ1) is 14.5. The molecule has 1 amide bonds. The molecule has 0 aliphatic heterocycles. The molecular weight excluding hydrogens is 303 g/mol. The molecule has 0 saturated carbocycles. The molecular formula is C12H11FN2O3S2. The fourth-order valence-electron chi connectivity index (χ4n) is 1.61. The number of hydrogen-bond donors (Lipinski definition) is 1. The number of primary amides is 1. The lowest BCUT2D eigenvalue weighted by atomic mass is 10.3. The first-order valence-corrected chi connectivity index (χ1v) is 7.84. The number of thiophene rings is 1. The zero-order chi connectivity index (χ0) is 14.8. The highest BCUT2D eigenvalue weighted by Crippen LogP contribution is 2.28. The molecule has 2 rings (SSSR count).